The molecule has 0 saturated carbocycles. The van der Waals surface area contributed by atoms with Gasteiger partial charge in [0.15, 0.2) is 5.16 Å². The van der Waals surface area contributed by atoms with E-state index in [4.69, 9.17) is 0 Å². The minimum Gasteiger partial charge on any atom is -0.325 e. The van der Waals surface area contributed by atoms with E-state index in [1.165, 1.54) is 34.1 Å². The molecule has 1 amide bonds. The molecular formula is C21H13BrF3N3O2S2. The molecule has 32 heavy (non-hydrogen) atoms. The number of fused-ring (bicyclic) bond motifs is 1. The summed E-state index contributed by atoms with van der Waals surface area (Å²) in [5.41, 5.74) is -0.470. The number of alkyl halides is 3. The summed E-state index contributed by atoms with van der Waals surface area (Å²) in [6.07, 6.45) is -4.59. The SMILES string of the molecule is O=C(CSc1nc2ccsc2c(=O)n1-c1ccc(Br)cc1)Nc1ccccc1C(F)(F)F. The topological polar surface area (TPSA) is 64.0 Å². The van der Waals surface area contributed by atoms with Gasteiger partial charge < -0.3 is 5.32 Å². The number of anilines is 1. The Morgan fingerprint density at radius 1 is 1.12 bits per heavy atom. The van der Waals surface area contributed by atoms with Gasteiger partial charge in [-0.2, -0.15) is 13.2 Å². The van der Waals surface area contributed by atoms with Crippen molar-refractivity contribution >= 4 is 60.8 Å². The lowest BCUT2D eigenvalue weighted by molar-refractivity contribution is -0.137. The van der Waals surface area contributed by atoms with Crippen molar-refractivity contribution in [2.24, 2.45) is 0 Å². The fourth-order valence-electron chi connectivity index (χ4n) is 2.96. The lowest BCUT2D eigenvalue weighted by Gasteiger charge is -2.14. The molecule has 4 aromatic rings. The minimum atomic E-state index is -4.59. The van der Waals surface area contributed by atoms with Gasteiger partial charge in [0, 0.05) is 4.47 Å². The van der Waals surface area contributed by atoms with Crippen LogP contribution >= 0.6 is 39.0 Å². The number of halogens is 4. The highest BCUT2D eigenvalue weighted by Crippen LogP contribution is 2.34. The van der Waals surface area contributed by atoms with E-state index < -0.39 is 17.6 Å². The summed E-state index contributed by atoms with van der Waals surface area (Å²) >= 11 is 5.59. The summed E-state index contributed by atoms with van der Waals surface area (Å²) in [6, 6.07) is 13.5. The predicted molar refractivity (Wildman–Crippen MR) is 124 cm³/mol. The Bertz CT molecular complexity index is 1350. The fraction of sp³-hybridized carbons (Fsp3) is 0.0952. The lowest BCUT2D eigenvalue weighted by atomic mass is 10.1. The summed E-state index contributed by atoms with van der Waals surface area (Å²) in [7, 11) is 0. The first kappa shape index (κ1) is 22.6. The van der Waals surface area contributed by atoms with E-state index in [1.54, 1.807) is 35.7 Å². The van der Waals surface area contributed by atoms with Crippen LogP contribution in [-0.4, -0.2) is 21.2 Å². The van der Waals surface area contributed by atoms with Gasteiger partial charge in [-0.1, -0.05) is 39.8 Å². The van der Waals surface area contributed by atoms with Crippen molar-refractivity contribution in [1.82, 2.24) is 9.55 Å². The molecule has 2 aromatic heterocycles. The quantitative estimate of drug-likeness (QED) is 0.251. The number of hydrogen-bond donors (Lipinski definition) is 1. The van der Waals surface area contributed by atoms with Gasteiger partial charge in [0.2, 0.25) is 5.91 Å². The summed E-state index contributed by atoms with van der Waals surface area (Å²) in [6.45, 7) is 0. The first-order valence-corrected chi connectivity index (χ1v) is 11.7. The Hall–Kier alpha value is -2.63. The first-order chi connectivity index (χ1) is 15.2. The second-order valence-corrected chi connectivity index (χ2v) is 9.30. The monoisotopic (exact) mass is 539 g/mol. The van der Waals surface area contributed by atoms with Crippen molar-refractivity contribution in [3.8, 4) is 5.69 Å². The van der Waals surface area contributed by atoms with Crippen LogP contribution < -0.4 is 10.9 Å². The van der Waals surface area contributed by atoms with E-state index in [-0.39, 0.29) is 22.2 Å². The summed E-state index contributed by atoms with van der Waals surface area (Å²) < 4.78 is 42.2. The molecule has 2 aromatic carbocycles. The van der Waals surface area contributed by atoms with Gasteiger partial charge in [-0.05, 0) is 47.8 Å². The molecule has 0 bridgehead atoms. The summed E-state index contributed by atoms with van der Waals surface area (Å²) in [5.74, 6) is -0.876. The van der Waals surface area contributed by atoms with Gasteiger partial charge in [-0.3, -0.25) is 14.2 Å². The zero-order valence-corrected chi connectivity index (χ0v) is 19.2. The number of para-hydroxylation sites is 1. The molecule has 0 fully saturated rings. The second kappa shape index (κ2) is 9.08. The van der Waals surface area contributed by atoms with E-state index in [0.717, 1.165) is 22.3 Å². The van der Waals surface area contributed by atoms with E-state index >= 15 is 0 Å². The number of nitrogens with zero attached hydrogens (tertiary/aromatic N) is 2. The third-order valence-corrected chi connectivity index (χ3v) is 6.73. The van der Waals surface area contributed by atoms with Crippen molar-refractivity contribution in [3.05, 3.63) is 80.4 Å². The predicted octanol–water partition coefficient (Wildman–Crippen LogP) is 5.96. The van der Waals surface area contributed by atoms with Crippen molar-refractivity contribution in [2.75, 3.05) is 11.1 Å². The van der Waals surface area contributed by atoms with Crippen LogP contribution in [0.2, 0.25) is 0 Å². The number of carbonyl (C=O) groups is 1. The van der Waals surface area contributed by atoms with Crippen LogP contribution in [0.5, 0.6) is 0 Å². The molecule has 0 aliphatic carbocycles. The number of carbonyl (C=O) groups excluding carboxylic acids is 1. The molecule has 164 valence electrons. The Kier molecular flexibility index (Phi) is 6.40. The molecule has 11 heteroatoms. The Morgan fingerprint density at radius 2 is 1.84 bits per heavy atom. The molecule has 2 heterocycles. The number of amides is 1. The molecule has 0 aliphatic heterocycles. The van der Waals surface area contributed by atoms with Crippen LogP contribution in [0.15, 0.2) is 74.4 Å². The minimum absolute atomic E-state index is 0.231. The van der Waals surface area contributed by atoms with E-state index in [2.05, 4.69) is 26.2 Å². The first-order valence-electron chi connectivity index (χ1n) is 9.09. The molecule has 0 radical (unpaired) electrons. The Balaban J connectivity index is 1.63. The van der Waals surface area contributed by atoms with E-state index in [9.17, 15) is 22.8 Å². The highest BCUT2D eigenvalue weighted by atomic mass is 79.9. The molecule has 0 unspecified atom stereocenters. The highest BCUT2D eigenvalue weighted by molar-refractivity contribution is 9.10. The molecule has 4 rings (SSSR count). The number of rotatable bonds is 5. The number of hydrogen-bond acceptors (Lipinski definition) is 5. The average molecular weight is 540 g/mol. The maximum Gasteiger partial charge on any atom is 0.418 e. The van der Waals surface area contributed by atoms with Gasteiger partial charge >= 0.3 is 6.18 Å². The second-order valence-electron chi connectivity index (χ2n) is 6.53. The third-order valence-electron chi connectivity index (χ3n) is 4.37. The van der Waals surface area contributed by atoms with Crippen LogP contribution in [0, 0.1) is 0 Å². The van der Waals surface area contributed by atoms with Gasteiger partial charge in [-0.15, -0.1) is 11.3 Å². The lowest BCUT2D eigenvalue weighted by Crippen LogP contribution is -2.22. The van der Waals surface area contributed by atoms with Crippen LogP contribution in [0.25, 0.3) is 15.9 Å². The fourth-order valence-corrected chi connectivity index (χ4v) is 4.80. The smallest absolute Gasteiger partial charge is 0.325 e. The molecule has 0 saturated heterocycles. The van der Waals surface area contributed by atoms with Crippen molar-refractivity contribution in [2.45, 2.75) is 11.3 Å². The van der Waals surface area contributed by atoms with Crippen LogP contribution in [0.4, 0.5) is 18.9 Å². The molecule has 1 N–H and O–H groups in total. The van der Waals surface area contributed by atoms with Crippen LogP contribution in [0.3, 0.4) is 0 Å². The molecule has 0 aliphatic rings. The van der Waals surface area contributed by atoms with Crippen molar-refractivity contribution in [3.63, 3.8) is 0 Å². The maximum atomic E-state index is 13.2. The summed E-state index contributed by atoms with van der Waals surface area (Å²) in [4.78, 5) is 30.0. The zero-order valence-electron chi connectivity index (χ0n) is 16.0. The van der Waals surface area contributed by atoms with E-state index in [0.29, 0.717) is 15.9 Å². The van der Waals surface area contributed by atoms with Crippen molar-refractivity contribution in [1.29, 1.82) is 0 Å². The zero-order chi connectivity index (χ0) is 22.9. The molecule has 5 nitrogen and oxygen atoms in total. The van der Waals surface area contributed by atoms with Gasteiger partial charge in [-0.25, -0.2) is 4.98 Å². The van der Waals surface area contributed by atoms with Crippen LogP contribution in [-0.2, 0) is 11.0 Å². The summed E-state index contributed by atoms with van der Waals surface area (Å²) in [5, 5.41) is 4.32. The number of thioether (sulfide) groups is 1. The van der Waals surface area contributed by atoms with E-state index in [1.807, 2.05) is 0 Å². The third kappa shape index (κ3) is 4.74. The van der Waals surface area contributed by atoms with Gasteiger partial charge in [0.25, 0.3) is 5.56 Å². The normalized spacial score (nSPS) is 11.6. The Labute approximate surface area is 196 Å². The number of aromatic nitrogens is 2. The highest BCUT2D eigenvalue weighted by Gasteiger charge is 2.33. The molecule has 0 atom stereocenters. The maximum absolute atomic E-state index is 13.2. The molecule has 0 spiro atoms. The van der Waals surface area contributed by atoms with Crippen molar-refractivity contribution < 1.29 is 18.0 Å². The number of benzene rings is 2. The van der Waals surface area contributed by atoms with Gasteiger partial charge in [0.1, 0.15) is 4.70 Å². The van der Waals surface area contributed by atoms with Crippen LogP contribution in [0.1, 0.15) is 5.56 Å². The standard InChI is InChI=1S/C21H13BrF3N3O2S2/c22-12-5-7-13(8-6-12)28-19(30)18-16(9-10-31-18)27-20(28)32-11-17(29)26-15-4-2-1-3-14(15)21(23,24)25/h1-10H,11H2,(H,26,29). The largest absolute Gasteiger partial charge is 0.418 e. The average Bonchev–Trinajstić information content (AvgIpc) is 3.22. The Morgan fingerprint density at radius 3 is 2.56 bits per heavy atom. The van der Waals surface area contributed by atoms with Gasteiger partial charge in [0.05, 0.1) is 28.2 Å². The number of thiophene rings is 1. The molecular weight excluding hydrogens is 527 g/mol. The number of nitrogens with one attached hydrogen (secondary N) is 1.